The lowest BCUT2D eigenvalue weighted by Gasteiger charge is -2.07. The largest absolute Gasteiger partial charge is 0.494 e. The van der Waals surface area contributed by atoms with Gasteiger partial charge in [-0.05, 0) is 54.5 Å². The van der Waals surface area contributed by atoms with Crippen molar-refractivity contribution in [2.75, 3.05) is 6.61 Å². The van der Waals surface area contributed by atoms with Gasteiger partial charge in [-0.25, -0.2) is 9.79 Å². The van der Waals surface area contributed by atoms with Crippen molar-refractivity contribution in [2.24, 2.45) is 4.99 Å². The van der Waals surface area contributed by atoms with Gasteiger partial charge in [-0.1, -0.05) is 79.9 Å². The molecule has 0 unspecified atom stereocenters. The first kappa shape index (κ1) is 23.3. The Bertz CT molecular complexity index is 901. The predicted molar refractivity (Wildman–Crippen MR) is 129 cm³/mol. The second kappa shape index (κ2) is 12.5. The first-order valence-electron chi connectivity index (χ1n) is 11.2. The van der Waals surface area contributed by atoms with Gasteiger partial charge in [0.15, 0.2) is 5.70 Å². The maximum absolute atomic E-state index is 12.2. The Balaban J connectivity index is 1.45. The highest BCUT2D eigenvalue weighted by molar-refractivity contribution is 9.10. The fraction of sp³-hybridized carbons (Fsp3) is 0.385. The van der Waals surface area contributed by atoms with E-state index in [4.69, 9.17) is 9.47 Å². The van der Waals surface area contributed by atoms with E-state index in [0.29, 0.717) is 11.6 Å². The molecule has 1 aliphatic heterocycles. The summed E-state index contributed by atoms with van der Waals surface area (Å²) in [6, 6.07) is 15.2. The van der Waals surface area contributed by atoms with Crippen LogP contribution in [-0.4, -0.2) is 18.5 Å². The van der Waals surface area contributed by atoms with Crippen LogP contribution >= 0.6 is 15.9 Å². The average molecular weight is 484 g/mol. The molecule has 2 aromatic rings. The number of nitrogens with zero attached hydrogens (tertiary/aromatic N) is 1. The molecule has 0 fully saturated rings. The van der Waals surface area contributed by atoms with Crippen LogP contribution in [-0.2, 0) is 9.53 Å². The van der Waals surface area contributed by atoms with Crippen molar-refractivity contribution in [3.63, 3.8) is 0 Å². The molecule has 2 aromatic carbocycles. The number of hydrogen-bond donors (Lipinski definition) is 0. The van der Waals surface area contributed by atoms with Crippen LogP contribution < -0.4 is 4.74 Å². The lowest BCUT2D eigenvalue weighted by molar-refractivity contribution is -0.129. The van der Waals surface area contributed by atoms with Gasteiger partial charge in [0.1, 0.15) is 5.75 Å². The second-order valence-corrected chi connectivity index (χ2v) is 8.65. The van der Waals surface area contributed by atoms with E-state index >= 15 is 0 Å². The van der Waals surface area contributed by atoms with Crippen molar-refractivity contribution in [1.29, 1.82) is 0 Å². The summed E-state index contributed by atoms with van der Waals surface area (Å²) >= 11 is 3.40. The zero-order valence-corrected chi connectivity index (χ0v) is 19.7. The van der Waals surface area contributed by atoms with Crippen LogP contribution in [0.15, 0.2) is 63.7 Å². The maximum Gasteiger partial charge on any atom is 0.363 e. The second-order valence-electron chi connectivity index (χ2n) is 7.74. The molecule has 0 saturated carbocycles. The molecule has 0 radical (unpaired) electrons. The molecular formula is C26H30BrNO3. The molecule has 5 heteroatoms. The Morgan fingerprint density at radius 3 is 2.23 bits per heavy atom. The summed E-state index contributed by atoms with van der Waals surface area (Å²) in [7, 11) is 0. The van der Waals surface area contributed by atoms with Crippen LogP contribution in [0.5, 0.6) is 5.75 Å². The van der Waals surface area contributed by atoms with Crippen LogP contribution in [0.25, 0.3) is 6.08 Å². The molecule has 0 bridgehead atoms. The Hall–Kier alpha value is -2.40. The molecule has 1 heterocycles. The zero-order valence-electron chi connectivity index (χ0n) is 18.1. The van der Waals surface area contributed by atoms with Crippen LogP contribution in [0.4, 0.5) is 0 Å². The number of ether oxygens (including phenoxy) is 2. The fourth-order valence-corrected chi connectivity index (χ4v) is 3.63. The van der Waals surface area contributed by atoms with Crippen LogP contribution in [0.2, 0.25) is 0 Å². The molecule has 164 valence electrons. The molecular weight excluding hydrogens is 454 g/mol. The molecule has 31 heavy (non-hydrogen) atoms. The van der Waals surface area contributed by atoms with Gasteiger partial charge in [0.2, 0.25) is 5.90 Å². The summed E-state index contributed by atoms with van der Waals surface area (Å²) in [6.07, 6.45) is 12.0. The standard InChI is InChI=1S/C26H30BrNO3/c1-2-3-4-5-6-7-8-9-18-30-23-16-12-21(13-17-23)25-28-24(26(29)31-25)19-20-10-14-22(27)15-11-20/h10-17,19H,2-9,18H2,1H3. The van der Waals surface area contributed by atoms with E-state index in [0.717, 1.165) is 34.4 Å². The van der Waals surface area contributed by atoms with E-state index < -0.39 is 5.97 Å². The van der Waals surface area contributed by atoms with E-state index in [2.05, 4.69) is 27.8 Å². The van der Waals surface area contributed by atoms with Gasteiger partial charge in [0.25, 0.3) is 0 Å². The predicted octanol–water partition coefficient (Wildman–Crippen LogP) is 7.31. The van der Waals surface area contributed by atoms with Crippen molar-refractivity contribution < 1.29 is 14.3 Å². The highest BCUT2D eigenvalue weighted by atomic mass is 79.9. The van der Waals surface area contributed by atoms with Crippen LogP contribution in [0, 0.1) is 0 Å². The molecule has 1 aliphatic rings. The topological polar surface area (TPSA) is 47.9 Å². The summed E-state index contributed by atoms with van der Waals surface area (Å²) in [5.41, 5.74) is 1.95. The first-order chi connectivity index (χ1) is 15.2. The van der Waals surface area contributed by atoms with E-state index in [9.17, 15) is 4.79 Å². The minimum atomic E-state index is -0.437. The van der Waals surface area contributed by atoms with Crippen molar-refractivity contribution >= 4 is 33.9 Å². The number of aliphatic imine (C=N–C) groups is 1. The maximum atomic E-state index is 12.2. The molecule has 0 amide bonds. The minimum absolute atomic E-state index is 0.298. The highest BCUT2D eigenvalue weighted by Gasteiger charge is 2.24. The Kier molecular flexibility index (Phi) is 9.35. The van der Waals surface area contributed by atoms with Gasteiger partial charge in [-0.2, -0.15) is 0 Å². The number of rotatable bonds is 12. The van der Waals surface area contributed by atoms with Crippen molar-refractivity contribution in [2.45, 2.75) is 58.3 Å². The summed E-state index contributed by atoms with van der Waals surface area (Å²) in [4.78, 5) is 16.5. The molecule has 0 aliphatic carbocycles. The fourth-order valence-electron chi connectivity index (χ4n) is 3.37. The zero-order chi connectivity index (χ0) is 21.9. The van der Waals surface area contributed by atoms with Gasteiger partial charge in [0, 0.05) is 10.0 Å². The Morgan fingerprint density at radius 2 is 1.55 bits per heavy atom. The third kappa shape index (κ3) is 7.66. The molecule has 0 saturated heterocycles. The van der Waals surface area contributed by atoms with Crippen LogP contribution in [0.3, 0.4) is 0 Å². The van der Waals surface area contributed by atoms with Gasteiger partial charge < -0.3 is 9.47 Å². The first-order valence-corrected chi connectivity index (χ1v) is 12.0. The van der Waals surface area contributed by atoms with Gasteiger partial charge in [-0.3, -0.25) is 0 Å². The average Bonchev–Trinajstić information content (AvgIpc) is 3.15. The lowest BCUT2D eigenvalue weighted by Crippen LogP contribution is -2.05. The highest BCUT2D eigenvalue weighted by Crippen LogP contribution is 2.22. The molecule has 0 atom stereocenters. The quantitative estimate of drug-likeness (QED) is 0.180. The number of carbonyl (C=O) groups is 1. The lowest BCUT2D eigenvalue weighted by atomic mass is 10.1. The Labute approximate surface area is 193 Å². The number of benzene rings is 2. The number of halogens is 1. The smallest absolute Gasteiger partial charge is 0.363 e. The van der Waals surface area contributed by atoms with E-state index in [1.54, 1.807) is 6.08 Å². The minimum Gasteiger partial charge on any atom is -0.494 e. The molecule has 0 spiro atoms. The third-order valence-electron chi connectivity index (χ3n) is 5.16. The monoisotopic (exact) mass is 483 g/mol. The SMILES string of the molecule is CCCCCCCCCCOc1ccc(C2=NC(=Cc3ccc(Br)cc3)C(=O)O2)cc1. The van der Waals surface area contributed by atoms with Gasteiger partial charge >= 0.3 is 5.97 Å². The number of hydrogen-bond acceptors (Lipinski definition) is 4. The van der Waals surface area contributed by atoms with E-state index in [-0.39, 0.29) is 0 Å². The van der Waals surface area contributed by atoms with Gasteiger partial charge in [-0.15, -0.1) is 0 Å². The van der Waals surface area contributed by atoms with E-state index in [1.807, 2.05) is 48.5 Å². The summed E-state index contributed by atoms with van der Waals surface area (Å²) in [5.74, 6) is 0.707. The van der Waals surface area contributed by atoms with Crippen molar-refractivity contribution in [1.82, 2.24) is 0 Å². The Morgan fingerprint density at radius 1 is 0.903 bits per heavy atom. The van der Waals surface area contributed by atoms with Gasteiger partial charge in [0.05, 0.1) is 6.61 Å². The third-order valence-corrected chi connectivity index (χ3v) is 5.69. The van der Waals surface area contributed by atoms with Crippen molar-refractivity contribution in [3.8, 4) is 5.75 Å². The molecule has 4 nitrogen and oxygen atoms in total. The number of unbranched alkanes of at least 4 members (excludes halogenated alkanes) is 7. The van der Waals surface area contributed by atoms with Crippen molar-refractivity contribution in [3.05, 3.63) is 69.8 Å². The molecule has 0 aromatic heterocycles. The molecule has 3 rings (SSSR count). The van der Waals surface area contributed by atoms with E-state index in [1.165, 1.54) is 44.9 Å². The van der Waals surface area contributed by atoms with Crippen LogP contribution in [0.1, 0.15) is 69.4 Å². The number of esters is 1. The normalized spacial score (nSPS) is 14.6. The summed E-state index contributed by atoms with van der Waals surface area (Å²) < 4.78 is 12.2. The number of cyclic esters (lactones) is 1. The summed E-state index contributed by atoms with van der Waals surface area (Å²) in [6.45, 7) is 2.97. The molecule has 0 N–H and O–H groups in total. The summed E-state index contributed by atoms with van der Waals surface area (Å²) in [5, 5.41) is 0. The number of carbonyl (C=O) groups excluding carboxylic acids is 1.